The van der Waals surface area contributed by atoms with Crippen LogP contribution in [0.25, 0.3) is 0 Å². The first-order valence-electron chi connectivity index (χ1n) is 4.92. The molecule has 0 aliphatic heterocycles. The third-order valence-corrected chi connectivity index (χ3v) is 2.25. The fourth-order valence-corrected chi connectivity index (χ4v) is 1.25. The van der Waals surface area contributed by atoms with E-state index in [-0.39, 0.29) is 0 Å². The molecule has 0 aromatic rings. The molecular weight excluding hydrogens is 132 g/mol. The number of hydrogen-bond donors (Lipinski definition) is 0. The van der Waals surface area contributed by atoms with Crippen molar-refractivity contribution in [3.8, 4) is 0 Å². The first-order chi connectivity index (χ1) is 5.24. The zero-order chi connectivity index (χ0) is 8.69. The van der Waals surface area contributed by atoms with Crippen LogP contribution in [0, 0.1) is 5.92 Å². The number of hydrogen-bond acceptors (Lipinski definition) is 0. The summed E-state index contributed by atoms with van der Waals surface area (Å²) in [7, 11) is 0. The van der Waals surface area contributed by atoms with Crippen LogP contribution in [0.5, 0.6) is 0 Å². The van der Waals surface area contributed by atoms with E-state index in [9.17, 15) is 0 Å². The summed E-state index contributed by atoms with van der Waals surface area (Å²) >= 11 is 0. The van der Waals surface area contributed by atoms with E-state index >= 15 is 0 Å². The second kappa shape index (κ2) is 6.45. The van der Waals surface area contributed by atoms with Gasteiger partial charge >= 0.3 is 0 Å². The fraction of sp³-hybridized carbons (Fsp3) is 0.818. The van der Waals surface area contributed by atoms with Gasteiger partial charge in [0.05, 0.1) is 0 Å². The average molecular weight is 154 g/mol. The van der Waals surface area contributed by atoms with Gasteiger partial charge in [0, 0.05) is 0 Å². The van der Waals surface area contributed by atoms with Gasteiger partial charge in [-0.3, -0.25) is 0 Å². The number of allylic oxidation sites excluding steroid dienone is 2. The first-order valence-corrected chi connectivity index (χ1v) is 4.92. The van der Waals surface area contributed by atoms with Crippen LogP contribution in [0.15, 0.2) is 11.6 Å². The van der Waals surface area contributed by atoms with Crippen molar-refractivity contribution < 1.29 is 0 Å². The Morgan fingerprint density at radius 1 is 1.27 bits per heavy atom. The molecule has 0 heteroatoms. The minimum atomic E-state index is 0.868. The standard InChI is InChI=1S/C11H22/c1-5-8-11(7-3)9-10(4)6-2/h8,10H,5-7,9H2,1-4H3/b11-8+. The van der Waals surface area contributed by atoms with Crippen LogP contribution in [0.4, 0.5) is 0 Å². The Morgan fingerprint density at radius 3 is 2.27 bits per heavy atom. The minimum Gasteiger partial charge on any atom is -0.0856 e. The van der Waals surface area contributed by atoms with Gasteiger partial charge in [-0.1, -0.05) is 45.8 Å². The van der Waals surface area contributed by atoms with Crippen molar-refractivity contribution in [1.82, 2.24) is 0 Å². The maximum absolute atomic E-state index is 2.38. The van der Waals surface area contributed by atoms with E-state index in [0.717, 1.165) is 5.92 Å². The molecule has 11 heavy (non-hydrogen) atoms. The zero-order valence-electron chi connectivity index (χ0n) is 8.48. The molecule has 0 saturated heterocycles. The van der Waals surface area contributed by atoms with E-state index in [1.165, 1.54) is 25.7 Å². The Morgan fingerprint density at radius 2 is 1.91 bits per heavy atom. The van der Waals surface area contributed by atoms with Crippen molar-refractivity contribution in [2.45, 2.75) is 53.4 Å². The smallest absolute Gasteiger partial charge is 0.0295 e. The molecule has 0 amide bonds. The zero-order valence-corrected chi connectivity index (χ0v) is 8.48. The molecule has 66 valence electrons. The third kappa shape index (κ3) is 5.06. The highest BCUT2D eigenvalue weighted by atomic mass is 14.1. The third-order valence-electron chi connectivity index (χ3n) is 2.25. The van der Waals surface area contributed by atoms with Crippen molar-refractivity contribution >= 4 is 0 Å². The Kier molecular flexibility index (Phi) is 6.30. The molecule has 0 aromatic heterocycles. The van der Waals surface area contributed by atoms with Crippen LogP contribution in [0.1, 0.15) is 53.4 Å². The lowest BCUT2D eigenvalue weighted by Gasteiger charge is -2.10. The van der Waals surface area contributed by atoms with Crippen LogP contribution < -0.4 is 0 Å². The molecule has 1 unspecified atom stereocenters. The Labute approximate surface area is 71.7 Å². The van der Waals surface area contributed by atoms with Crippen molar-refractivity contribution in [3.05, 3.63) is 11.6 Å². The van der Waals surface area contributed by atoms with Gasteiger partial charge < -0.3 is 0 Å². The lowest BCUT2D eigenvalue weighted by molar-refractivity contribution is 0.549. The van der Waals surface area contributed by atoms with Gasteiger partial charge in [0.1, 0.15) is 0 Å². The van der Waals surface area contributed by atoms with Gasteiger partial charge in [-0.25, -0.2) is 0 Å². The summed E-state index contributed by atoms with van der Waals surface area (Å²) in [5, 5.41) is 0. The second-order valence-corrected chi connectivity index (χ2v) is 3.34. The van der Waals surface area contributed by atoms with Gasteiger partial charge in [0.25, 0.3) is 0 Å². The maximum atomic E-state index is 2.38. The molecule has 0 fully saturated rings. The van der Waals surface area contributed by atoms with Gasteiger partial charge in [0.15, 0.2) is 0 Å². The SMILES string of the molecule is CC/C=C(\CC)CC(C)CC. The summed E-state index contributed by atoms with van der Waals surface area (Å²) in [5.41, 5.74) is 1.64. The predicted molar refractivity (Wildman–Crippen MR) is 52.7 cm³/mol. The molecule has 0 aliphatic rings. The second-order valence-electron chi connectivity index (χ2n) is 3.34. The van der Waals surface area contributed by atoms with E-state index in [0.29, 0.717) is 0 Å². The lowest BCUT2D eigenvalue weighted by Crippen LogP contribution is -1.94. The highest BCUT2D eigenvalue weighted by molar-refractivity contribution is 5.01. The highest BCUT2D eigenvalue weighted by Gasteiger charge is 2.00. The Bertz CT molecular complexity index is 111. The van der Waals surface area contributed by atoms with Crippen LogP contribution in [0.2, 0.25) is 0 Å². The van der Waals surface area contributed by atoms with Gasteiger partial charge in [-0.2, -0.15) is 0 Å². The molecule has 0 nitrogen and oxygen atoms in total. The van der Waals surface area contributed by atoms with Gasteiger partial charge in [0.2, 0.25) is 0 Å². The van der Waals surface area contributed by atoms with Gasteiger partial charge in [-0.15, -0.1) is 0 Å². The monoisotopic (exact) mass is 154 g/mol. The van der Waals surface area contributed by atoms with Crippen molar-refractivity contribution in [2.75, 3.05) is 0 Å². The molecule has 0 heterocycles. The average Bonchev–Trinajstić information content (AvgIpc) is 2.03. The van der Waals surface area contributed by atoms with E-state index in [2.05, 4.69) is 33.8 Å². The molecule has 0 aliphatic carbocycles. The normalized spacial score (nSPS) is 15.1. The van der Waals surface area contributed by atoms with Crippen molar-refractivity contribution in [1.29, 1.82) is 0 Å². The summed E-state index contributed by atoms with van der Waals surface area (Å²) in [4.78, 5) is 0. The topological polar surface area (TPSA) is 0 Å². The van der Waals surface area contributed by atoms with E-state index < -0.39 is 0 Å². The molecule has 0 radical (unpaired) electrons. The fourth-order valence-electron chi connectivity index (χ4n) is 1.25. The maximum Gasteiger partial charge on any atom is -0.0295 e. The highest BCUT2D eigenvalue weighted by Crippen LogP contribution is 2.17. The van der Waals surface area contributed by atoms with E-state index in [1.807, 2.05) is 0 Å². The summed E-state index contributed by atoms with van der Waals surface area (Å²) in [6, 6.07) is 0. The molecule has 0 bridgehead atoms. The number of rotatable bonds is 5. The van der Waals surface area contributed by atoms with E-state index in [1.54, 1.807) is 5.57 Å². The molecule has 0 spiro atoms. The summed E-state index contributed by atoms with van der Waals surface area (Å²) in [5.74, 6) is 0.868. The largest absolute Gasteiger partial charge is 0.0856 e. The minimum absolute atomic E-state index is 0.868. The summed E-state index contributed by atoms with van der Waals surface area (Å²) in [6.07, 6.45) is 7.42. The van der Waals surface area contributed by atoms with Crippen molar-refractivity contribution in [2.24, 2.45) is 5.92 Å². The van der Waals surface area contributed by atoms with Crippen LogP contribution in [0.3, 0.4) is 0 Å². The Balaban J connectivity index is 3.77. The molecule has 1 atom stereocenters. The quantitative estimate of drug-likeness (QED) is 0.521. The van der Waals surface area contributed by atoms with Crippen LogP contribution >= 0.6 is 0 Å². The molecular formula is C11H22. The molecule has 0 rings (SSSR count). The van der Waals surface area contributed by atoms with Crippen LogP contribution in [-0.4, -0.2) is 0 Å². The van der Waals surface area contributed by atoms with E-state index in [4.69, 9.17) is 0 Å². The summed E-state index contributed by atoms with van der Waals surface area (Å²) in [6.45, 7) is 9.07. The van der Waals surface area contributed by atoms with Crippen molar-refractivity contribution in [3.63, 3.8) is 0 Å². The first kappa shape index (κ1) is 10.7. The summed E-state index contributed by atoms with van der Waals surface area (Å²) < 4.78 is 0. The predicted octanol–water partition coefficient (Wildman–Crippen LogP) is 4.17. The lowest BCUT2D eigenvalue weighted by atomic mass is 9.97. The van der Waals surface area contributed by atoms with Gasteiger partial charge in [-0.05, 0) is 25.2 Å². The van der Waals surface area contributed by atoms with Crippen LogP contribution in [-0.2, 0) is 0 Å². The molecule has 0 N–H and O–H groups in total. The molecule has 0 saturated carbocycles. The Hall–Kier alpha value is -0.260. The molecule has 0 aromatic carbocycles.